The second kappa shape index (κ2) is 5.74. The quantitative estimate of drug-likeness (QED) is 0.724. The molecule has 2 N–H and O–H groups in total. The minimum absolute atomic E-state index is 0.414. The lowest BCUT2D eigenvalue weighted by Gasteiger charge is -2.09. The van der Waals surface area contributed by atoms with E-state index in [4.69, 9.17) is 10.2 Å². The molecule has 0 spiro atoms. The van der Waals surface area contributed by atoms with Crippen LogP contribution in [0.5, 0.6) is 0 Å². The van der Waals surface area contributed by atoms with Gasteiger partial charge in [0.25, 0.3) is 0 Å². The molecule has 1 atom stereocenters. The Labute approximate surface area is 125 Å². The lowest BCUT2D eigenvalue weighted by Crippen LogP contribution is -1.96. The molecular formula is C19H21NO. The number of hydrogen-bond acceptors (Lipinski definition) is 2. The van der Waals surface area contributed by atoms with Crippen LogP contribution >= 0.6 is 0 Å². The lowest BCUT2D eigenvalue weighted by atomic mass is 9.95. The summed E-state index contributed by atoms with van der Waals surface area (Å²) >= 11 is 0. The van der Waals surface area contributed by atoms with Crippen molar-refractivity contribution in [3.63, 3.8) is 0 Å². The summed E-state index contributed by atoms with van der Waals surface area (Å²) in [5.41, 5.74) is 10.5. The third-order valence-electron chi connectivity index (χ3n) is 4.21. The zero-order valence-electron chi connectivity index (χ0n) is 12.6. The molecule has 1 heterocycles. The van der Waals surface area contributed by atoms with Crippen LogP contribution in [-0.2, 0) is 6.54 Å². The highest BCUT2D eigenvalue weighted by Crippen LogP contribution is 2.36. The van der Waals surface area contributed by atoms with Gasteiger partial charge in [-0.15, -0.1) is 0 Å². The van der Waals surface area contributed by atoms with E-state index in [1.807, 2.05) is 18.2 Å². The van der Waals surface area contributed by atoms with Crippen LogP contribution < -0.4 is 5.73 Å². The molecule has 2 nitrogen and oxygen atoms in total. The van der Waals surface area contributed by atoms with Gasteiger partial charge in [-0.25, -0.2) is 0 Å². The molecule has 0 saturated heterocycles. The van der Waals surface area contributed by atoms with Crippen molar-refractivity contribution < 1.29 is 4.42 Å². The molecule has 21 heavy (non-hydrogen) atoms. The Hall–Kier alpha value is -2.06. The Morgan fingerprint density at radius 1 is 1.10 bits per heavy atom. The van der Waals surface area contributed by atoms with Crippen LogP contribution in [0.4, 0.5) is 0 Å². The molecule has 2 heteroatoms. The van der Waals surface area contributed by atoms with Gasteiger partial charge in [-0.05, 0) is 35.6 Å². The van der Waals surface area contributed by atoms with Crippen molar-refractivity contribution in [3.8, 4) is 11.1 Å². The van der Waals surface area contributed by atoms with E-state index in [-0.39, 0.29) is 0 Å². The van der Waals surface area contributed by atoms with Crippen molar-refractivity contribution in [3.05, 3.63) is 59.9 Å². The summed E-state index contributed by atoms with van der Waals surface area (Å²) < 4.78 is 5.95. The molecule has 0 radical (unpaired) electrons. The fourth-order valence-corrected chi connectivity index (χ4v) is 2.77. The normalized spacial score (nSPS) is 12.7. The van der Waals surface area contributed by atoms with Crippen LogP contribution in [-0.4, -0.2) is 0 Å². The maximum atomic E-state index is 5.95. The number of nitrogens with two attached hydrogens (primary N) is 1. The van der Waals surface area contributed by atoms with E-state index in [0.717, 1.165) is 28.9 Å². The summed E-state index contributed by atoms with van der Waals surface area (Å²) in [6.07, 6.45) is 1.13. The van der Waals surface area contributed by atoms with Crippen LogP contribution in [0, 0.1) is 0 Å². The van der Waals surface area contributed by atoms with E-state index in [0.29, 0.717) is 12.5 Å². The molecule has 0 aliphatic rings. The SMILES string of the molecule is CCC(C)c1ccc2oc(CN)c(-c3ccccc3)c2c1. The molecule has 0 amide bonds. The van der Waals surface area contributed by atoms with Crippen LogP contribution in [0.25, 0.3) is 22.1 Å². The summed E-state index contributed by atoms with van der Waals surface area (Å²) in [5.74, 6) is 1.41. The van der Waals surface area contributed by atoms with Crippen LogP contribution in [0.1, 0.15) is 37.5 Å². The monoisotopic (exact) mass is 279 g/mol. The first kappa shape index (κ1) is 13.9. The van der Waals surface area contributed by atoms with Crippen molar-refractivity contribution in [2.75, 3.05) is 0 Å². The summed E-state index contributed by atoms with van der Waals surface area (Å²) in [5, 5.41) is 1.17. The molecule has 1 unspecified atom stereocenters. The van der Waals surface area contributed by atoms with E-state index in [2.05, 4.69) is 44.2 Å². The first-order valence-corrected chi connectivity index (χ1v) is 7.55. The van der Waals surface area contributed by atoms with Crippen molar-refractivity contribution in [2.24, 2.45) is 5.73 Å². The second-order valence-electron chi connectivity index (χ2n) is 5.54. The van der Waals surface area contributed by atoms with Crippen molar-refractivity contribution in [1.82, 2.24) is 0 Å². The van der Waals surface area contributed by atoms with E-state index >= 15 is 0 Å². The summed E-state index contributed by atoms with van der Waals surface area (Å²) in [6, 6.07) is 16.8. The van der Waals surface area contributed by atoms with Crippen LogP contribution in [0.3, 0.4) is 0 Å². The van der Waals surface area contributed by atoms with Gasteiger partial charge in [0, 0.05) is 10.9 Å². The van der Waals surface area contributed by atoms with Crippen molar-refractivity contribution in [2.45, 2.75) is 32.7 Å². The molecule has 3 aromatic rings. The predicted octanol–water partition coefficient (Wildman–Crippen LogP) is 5.07. The van der Waals surface area contributed by atoms with Crippen LogP contribution in [0.2, 0.25) is 0 Å². The lowest BCUT2D eigenvalue weighted by molar-refractivity contribution is 0.554. The Morgan fingerprint density at radius 2 is 1.86 bits per heavy atom. The van der Waals surface area contributed by atoms with E-state index in [1.165, 1.54) is 10.9 Å². The average molecular weight is 279 g/mol. The number of fused-ring (bicyclic) bond motifs is 1. The highest BCUT2D eigenvalue weighted by molar-refractivity contribution is 5.96. The van der Waals surface area contributed by atoms with Gasteiger partial charge < -0.3 is 10.2 Å². The topological polar surface area (TPSA) is 39.2 Å². The van der Waals surface area contributed by atoms with Gasteiger partial charge in [-0.1, -0.05) is 50.2 Å². The first-order valence-electron chi connectivity index (χ1n) is 7.55. The third-order valence-corrected chi connectivity index (χ3v) is 4.21. The van der Waals surface area contributed by atoms with Gasteiger partial charge in [0.15, 0.2) is 0 Å². The average Bonchev–Trinajstić information content (AvgIpc) is 2.92. The molecule has 1 aromatic heterocycles. The maximum absolute atomic E-state index is 5.95. The molecule has 2 aromatic carbocycles. The molecule has 3 rings (SSSR count). The Bertz CT molecular complexity index is 743. The summed E-state index contributed by atoms with van der Waals surface area (Å²) in [6.45, 7) is 4.89. The Kier molecular flexibility index (Phi) is 3.80. The van der Waals surface area contributed by atoms with Gasteiger partial charge >= 0.3 is 0 Å². The molecule has 0 saturated carbocycles. The number of rotatable bonds is 4. The molecule has 0 aliphatic heterocycles. The van der Waals surface area contributed by atoms with Gasteiger partial charge in [-0.3, -0.25) is 0 Å². The summed E-state index contributed by atoms with van der Waals surface area (Å²) in [7, 11) is 0. The molecular weight excluding hydrogens is 258 g/mol. The second-order valence-corrected chi connectivity index (χ2v) is 5.54. The molecule has 0 bridgehead atoms. The maximum Gasteiger partial charge on any atom is 0.135 e. The first-order chi connectivity index (χ1) is 10.2. The zero-order valence-corrected chi connectivity index (χ0v) is 12.6. The third kappa shape index (κ3) is 2.47. The number of hydrogen-bond donors (Lipinski definition) is 1. The van der Waals surface area contributed by atoms with Crippen LogP contribution in [0.15, 0.2) is 52.9 Å². The smallest absolute Gasteiger partial charge is 0.135 e. The van der Waals surface area contributed by atoms with Gasteiger partial charge in [0.05, 0.1) is 6.54 Å². The fourth-order valence-electron chi connectivity index (χ4n) is 2.77. The highest BCUT2D eigenvalue weighted by Gasteiger charge is 2.16. The van der Waals surface area contributed by atoms with Gasteiger partial charge in [-0.2, -0.15) is 0 Å². The molecule has 0 aliphatic carbocycles. The predicted molar refractivity (Wildman–Crippen MR) is 88.2 cm³/mol. The standard InChI is InChI=1S/C19H21NO/c1-3-13(2)15-9-10-17-16(11-15)19(18(12-20)21-17)14-7-5-4-6-8-14/h4-11,13H,3,12,20H2,1-2H3. The largest absolute Gasteiger partial charge is 0.459 e. The van der Waals surface area contributed by atoms with Crippen molar-refractivity contribution >= 4 is 11.0 Å². The van der Waals surface area contributed by atoms with E-state index in [1.54, 1.807) is 0 Å². The minimum Gasteiger partial charge on any atom is -0.459 e. The zero-order chi connectivity index (χ0) is 14.8. The Morgan fingerprint density at radius 3 is 2.52 bits per heavy atom. The fraction of sp³-hybridized carbons (Fsp3) is 0.263. The summed E-state index contributed by atoms with van der Waals surface area (Å²) in [4.78, 5) is 0. The van der Waals surface area contributed by atoms with Gasteiger partial charge in [0.1, 0.15) is 11.3 Å². The number of furan rings is 1. The molecule has 0 fully saturated rings. The van der Waals surface area contributed by atoms with E-state index < -0.39 is 0 Å². The van der Waals surface area contributed by atoms with Gasteiger partial charge in [0.2, 0.25) is 0 Å². The molecule has 108 valence electrons. The van der Waals surface area contributed by atoms with E-state index in [9.17, 15) is 0 Å². The highest BCUT2D eigenvalue weighted by atomic mass is 16.3. The minimum atomic E-state index is 0.414. The number of benzene rings is 2. The van der Waals surface area contributed by atoms with Crippen molar-refractivity contribution in [1.29, 1.82) is 0 Å². The Balaban J connectivity index is 2.25.